The summed E-state index contributed by atoms with van der Waals surface area (Å²) in [6.45, 7) is 3.40. The quantitative estimate of drug-likeness (QED) is 0.314. The predicted octanol–water partition coefficient (Wildman–Crippen LogP) is 0.965. The molecule has 0 rings (SSSR count). The first kappa shape index (κ1) is 11.7. The van der Waals surface area contributed by atoms with E-state index in [1.165, 1.54) is 0 Å². The molecule has 5 heteroatoms. The summed E-state index contributed by atoms with van der Waals surface area (Å²) < 4.78 is 4.57. The van der Waals surface area contributed by atoms with E-state index in [4.69, 9.17) is 16.7 Å². The number of hydrogen-bond donors (Lipinski definition) is 1. The molecule has 0 bridgehead atoms. The van der Waals surface area contributed by atoms with Crippen molar-refractivity contribution >= 4 is 23.5 Å². The van der Waals surface area contributed by atoms with Crippen molar-refractivity contribution in [2.75, 3.05) is 12.5 Å². The van der Waals surface area contributed by atoms with E-state index in [1.807, 2.05) is 0 Å². The molecule has 72 valence electrons. The van der Waals surface area contributed by atoms with Crippen LogP contribution in [0.3, 0.4) is 0 Å². The van der Waals surface area contributed by atoms with E-state index in [1.54, 1.807) is 0 Å². The molecule has 0 unspecified atom stereocenters. The lowest BCUT2D eigenvalue weighted by molar-refractivity contribution is -0.138. The molecule has 0 radical (unpaired) electrons. The summed E-state index contributed by atoms with van der Waals surface area (Å²) in [6, 6.07) is 0. The van der Waals surface area contributed by atoms with Gasteiger partial charge in [0.05, 0.1) is 11.5 Å². The molecule has 1 N–H and O–H groups in total. The average Bonchev–Trinajstić information content (AvgIpc) is 2.10. The summed E-state index contributed by atoms with van der Waals surface area (Å²) in [6.07, 6.45) is 1.88. The lowest BCUT2D eigenvalue weighted by Crippen LogP contribution is -2.07. The molecule has 0 spiro atoms. The average molecular weight is 205 g/mol. The maximum Gasteiger partial charge on any atom is 0.337 e. The van der Waals surface area contributed by atoms with Crippen molar-refractivity contribution in [3.63, 3.8) is 0 Å². The second-order valence-electron chi connectivity index (χ2n) is 2.02. The second kappa shape index (κ2) is 6.25. The number of ether oxygens (including phenoxy) is 1. The fourth-order valence-corrected chi connectivity index (χ4v) is 0.541. The highest BCUT2D eigenvalue weighted by atomic mass is 35.5. The van der Waals surface area contributed by atoms with Crippen molar-refractivity contribution in [1.82, 2.24) is 0 Å². The van der Waals surface area contributed by atoms with Gasteiger partial charge in [0, 0.05) is 6.08 Å². The number of alkyl halides is 1. The van der Waals surface area contributed by atoms with Crippen molar-refractivity contribution in [1.29, 1.82) is 0 Å². The Bertz CT molecular complexity index is 245. The van der Waals surface area contributed by atoms with E-state index in [9.17, 15) is 9.59 Å². The zero-order valence-corrected chi connectivity index (χ0v) is 7.58. The molecule has 0 aromatic carbocycles. The SMILES string of the molecule is C=C(C=CC(=O)O)C(=O)OCCCl. The molecule has 4 nitrogen and oxygen atoms in total. The van der Waals surface area contributed by atoms with Crippen LogP contribution in [0.2, 0.25) is 0 Å². The lowest BCUT2D eigenvalue weighted by Gasteiger charge is -2.00. The minimum Gasteiger partial charge on any atom is -0.478 e. The van der Waals surface area contributed by atoms with Crippen LogP contribution < -0.4 is 0 Å². The molecule has 13 heavy (non-hydrogen) atoms. The number of carboxylic acid groups (broad SMARTS) is 1. The van der Waals surface area contributed by atoms with Crippen LogP contribution in [-0.2, 0) is 14.3 Å². The number of carbonyl (C=O) groups is 2. The van der Waals surface area contributed by atoms with Gasteiger partial charge in [0.2, 0.25) is 0 Å². The van der Waals surface area contributed by atoms with Gasteiger partial charge in [-0.2, -0.15) is 0 Å². The van der Waals surface area contributed by atoms with Crippen LogP contribution in [0.15, 0.2) is 24.3 Å². The van der Waals surface area contributed by atoms with Gasteiger partial charge in [0.15, 0.2) is 0 Å². The number of hydrogen-bond acceptors (Lipinski definition) is 3. The Morgan fingerprint density at radius 2 is 2.08 bits per heavy atom. The van der Waals surface area contributed by atoms with E-state index in [2.05, 4.69) is 11.3 Å². The van der Waals surface area contributed by atoms with Crippen LogP contribution >= 0.6 is 11.6 Å². The number of carboxylic acids is 1. The number of rotatable bonds is 5. The van der Waals surface area contributed by atoms with Crippen LogP contribution in [0.25, 0.3) is 0 Å². The maximum atomic E-state index is 10.9. The summed E-state index contributed by atoms with van der Waals surface area (Å²) >= 11 is 5.26. The molecule has 0 saturated carbocycles. The normalized spacial score (nSPS) is 9.92. The highest BCUT2D eigenvalue weighted by Crippen LogP contribution is 1.97. The van der Waals surface area contributed by atoms with Gasteiger partial charge in [-0.05, 0) is 6.08 Å². The first-order valence-electron chi connectivity index (χ1n) is 3.41. The molecule has 0 fully saturated rings. The van der Waals surface area contributed by atoms with Gasteiger partial charge < -0.3 is 9.84 Å². The number of halogens is 1. The Kier molecular flexibility index (Phi) is 5.63. The molecule has 0 atom stereocenters. The molecule has 0 aliphatic heterocycles. The van der Waals surface area contributed by atoms with Crippen molar-refractivity contribution < 1.29 is 19.4 Å². The fourth-order valence-electron chi connectivity index (χ4n) is 0.464. The number of carbonyl (C=O) groups excluding carboxylic acids is 1. The molecule has 0 saturated heterocycles. The third-order valence-electron chi connectivity index (χ3n) is 1.000. The molecule has 0 heterocycles. The van der Waals surface area contributed by atoms with Crippen LogP contribution in [0.5, 0.6) is 0 Å². The van der Waals surface area contributed by atoms with Gasteiger partial charge in [-0.1, -0.05) is 6.58 Å². The molecular formula is C8H9ClO4. The lowest BCUT2D eigenvalue weighted by atomic mass is 10.3. The zero-order chi connectivity index (χ0) is 10.3. The first-order valence-corrected chi connectivity index (χ1v) is 3.94. The Labute approximate surface area is 80.4 Å². The topological polar surface area (TPSA) is 63.6 Å². The van der Waals surface area contributed by atoms with Crippen molar-refractivity contribution in [3.05, 3.63) is 24.3 Å². The van der Waals surface area contributed by atoms with Crippen molar-refractivity contribution in [3.8, 4) is 0 Å². The third-order valence-corrected chi connectivity index (χ3v) is 1.15. The van der Waals surface area contributed by atoms with Gasteiger partial charge in [-0.3, -0.25) is 0 Å². The summed E-state index contributed by atoms with van der Waals surface area (Å²) in [5.74, 6) is -1.62. The minimum absolute atomic E-state index is 0.0208. The molecule has 0 aromatic heterocycles. The van der Waals surface area contributed by atoms with Crippen LogP contribution in [0.4, 0.5) is 0 Å². The highest BCUT2D eigenvalue weighted by molar-refractivity contribution is 6.18. The van der Waals surface area contributed by atoms with E-state index in [0.717, 1.165) is 12.2 Å². The molecular weight excluding hydrogens is 196 g/mol. The Hall–Kier alpha value is -1.29. The summed E-state index contributed by atoms with van der Waals surface area (Å²) in [7, 11) is 0. The third kappa shape index (κ3) is 5.93. The number of aliphatic carboxylic acids is 1. The maximum absolute atomic E-state index is 10.9. The second-order valence-corrected chi connectivity index (χ2v) is 2.40. The first-order chi connectivity index (χ1) is 6.07. The number of esters is 1. The minimum atomic E-state index is -1.15. The predicted molar refractivity (Wildman–Crippen MR) is 47.6 cm³/mol. The standard InChI is InChI=1S/C8H9ClO4/c1-6(2-3-7(10)11)8(12)13-5-4-9/h2-3H,1,4-5H2,(H,10,11). The van der Waals surface area contributed by atoms with Crippen LogP contribution in [0, 0.1) is 0 Å². The van der Waals surface area contributed by atoms with E-state index < -0.39 is 11.9 Å². The van der Waals surface area contributed by atoms with E-state index >= 15 is 0 Å². The summed E-state index contributed by atoms with van der Waals surface area (Å²) in [4.78, 5) is 20.9. The van der Waals surface area contributed by atoms with Gasteiger partial charge in [-0.15, -0.1) is 11.6 Å². The zero-order valence-electron chi connectivity index (χ0n) is 6.83. The van der Waals surface area contributed by atoms with E-state index in [0.29, 0.717) is 0 Å². The summed E-state index contributed by atoms with van der Waals surface area (Å²) in [5.41, 5.74) is -0.0208. The monoisotopic (exact) mass is 204 g/mol. The smallest absolute Gasteiger partial charge is 0.337 e. The van der Waals surface area contributed by atoms with Gasteiger partial charge >= 0.3 is 11.9 Å². The van der Waals surface area contributed by atoms with Crippen molar-refractivity contribution in [2.45, 2.75) is 0 Å². The molecule has 0 aliphatic carbocycles. The van der Waals surface area contributed by atoms with Crippen LogP contribution in [-0.4, -0.2) is 29.5 Å². The molecule has 0 aliphatic rings. The molecule has 0 amide bonds. The van der Waals surface area contributed by atoms with Gasteiger partial charge in [0.1, 0.15) is 6.61 Å². The fraction of sp³-hybridized carbons (Fsp3) is 0.250. The van der Waals surface area contributed by atoms with Crippen LogP contribution in [0.1, 0.15) is 0 Å². The van der Waals surface area contributed by atoms with Crippen molar-refractivity contribution in [2.24, 2.45) is 0 Å². The van der Waals surface area contributed by atoms with E-state index in [-0.39, 0.29) is 18.1 Å². The van der Waals surface area contributed by atoms with Gasteiger partial charge in [-0.25, -0.2) is 9.59 Å². The Morgan fingerprint density at radius 1 is 1.46 bits per heavy atom. The molecule has 0 aromatic rings. The Morgan fingerprint density at radius 3 is 2.54 bits per heavy atom. The summed E-state index contributed by atoms with van der Waals surface area (Å²) in [5, 5.41) is 8.22. The largest absolute Gasteiger partial charge is 0.478 e. The Balaban J connectivity index is 3.97. The van der Waals surface area contributed by atoms with Gasteiger partial charge in [0.25, 0.3) is 0 Å². The highest BCUT2D eigenvalue weighted by Gasteiger charge is 2.04.